The molecule has 2 heteroatoms. The molecule has 2 rings (SSSR count). The Morgan fingerprint density at radius 2 is 1.69 bits per heavy atom. The van der Waals surface area contributed by atoms with Gasteiger partial charge in [0.05, 0.1) is 0 Å². The van der Waals surface area contributed by atoms with E-state index in [0.717, 1.165) is 11.1 Å². The van der Waals surface area contributed by atoms with Crippen LogP contribution in [0.15, 0.2) is 36.4 Å². The molecular weight excluding hydrogens is 220 g/mol. The summed E-state index contributed by atoms with van der Waals surface area (Å²) >= 11 is 5.93. The van der Waals surface area contributed by atoms with Crippen molar-refractivity contribution in [2.75, 3.05) is 0 Å². The molecule has 0 fully saturated rings. The summed E-state index contributed by atoms with van der Waals surface area (Å²) in [7, 11) is 0. The molecule has 0 spiro atoms. The summed E-state index contributed by atoms with van der Waals surface area (Å²) in [4.78, 5) is 0. The average molecular weight is 233 g/mol. The van der Waals surface area contributed by atoms with E-state index in [1.807, 2.05) is 12.1 Å². The highest BCUT2D eigenvalue weighted by Gasteiger charge is 2.05. The summed E-state index contributed by atoms with van der Waals surface area (Å²) in [6.07, 6.45) is 0. The minimum absolute atomic E-state index is 0.257. The molecule has 2 aromatic carbocycles. The van der Waals surface area contributed by atoms with Gasteiger partial charge in [-0.1, -0.05) is 29.8 Å². The summed E-state index contributed by atoms with van der Waals surface area (Å²) in [5.74, 6) is 0.257. The minimum Gasteiger partial charge on any atom is -0.507 e. The number of aromatic hydroxyl groups is 1. The van der Waals surface area contributed by atoms with Crippen LogP contribution in [0.3, 0.4) is 0 Å². The zero-order valence-electron chi connectivity index (χ0n) is 9.29. The lowest BCUT2D eigenvalue weighted by molar-refractivity contribution is 0.477. The Morgan fingerprint density at radius 1 is 0.938 bits per heavy atom. The van der Waals surface area contributed by atoms with Gasteiger partial charge in [0.25, 0.3) is 0 Å². The van der Waals surface area contributed by atoms with E-state index in [1.54, 1.807) is 18.2 Å². The molecule has 1 N–H and O–H groups in total. The Hall–Kier alpha value is -1.47. The average Bonchev–Trinajstić information content (AvgIpc) is 2.26. The van der Waals surface area contributed by atoms with Crippen LogP contribution in [0.1, 0.15) is 11.1 Å². The lowest BCUT2D eigenvalue weighted by Gasteiger charge is -2.08. The Kier molecular flexibility index (Phi) is 2.88. The number of aryl methyl sites for hydroxylation is 2. The van der Waals surface area contributed by atoms with Crippen LogP contribution in [-0.4, -0.2) is 5.11 Å². The monoisotopic (exact) mass is 232 g/mol. The minimum atomic E-state index is 0.257. The van der Waals surface area contributed by atoms with Crippen molar-refractivity contribution in [2.24, 2.45) is 0 Å². The quantitative estimate of drug-likeness (QED) is 0.776. The van der Waals surface area contributed by atoms with Gasteiger partial charge in [-0.05, 0) is 48.7 Å². The Balaban J connectivity index is 2.58. The molecule has 0 aliphatic rings. The Labute approximate surface area is 100 Å². The molecule has 0 aliphatic carbocycles. The molecule has 0 atom stereocenters. The third-order valence-corrected chi connectivity index (χ3v) is 3.01. The molecule has 0 bridgehead atoms. The number of benzene rings is 2. The first-order valence-corrected chi connectivity index (χ1v) is 5.52. The lowest BCUT2D eigenvalue weighted by Crippen LogP contribution is -1.84. The van der Waals surface area contributed by atoms with Crippen LogP contribution < -0.4 is 0 Å². The summed E-state index contributed by atoms with van der Waals surface area (Å²) in [5.41, 5.74) is 4.21. The van der Waals surface area contributed by atoms with Crippen LogP contribution in [0.5, 0.6) is 5.75 Å². The van der Waals surface area contributed by atoms with Gasteiger partial charge >= 0.3 is 0 Å². The lowest BCUT2D eigenvalue weighted by atomic mass is 10.00. The van der Waals surface area contributed by atoms with E-state index >= 15 is 0 Å². The molecule has 2 aromatic rings. The second-order valence-electron chi connectivity index (χ2n) is 3.96. The van der Waals surface area contributed by atoms with Crippen LogP contribution in [0.4, 0.5) is 0 Å². The molecule has 0 saturated carbocycles. The predicted molar refractivity (Wildman–Crippen MR) is 68.0 cm³/mol. The normalized spacial score (nSPS) is 10.4. The first kappa shape index (κ1) is 11.0. The van der Waals surface area contributed by atoms with E-state index in [4.69, 9.17) is 11.6 Å². The number of hydrogen-bond acceptors (Lipinski definition) is 1. The fourth-order valence-electron chi connectivity index (χ4n) is 1.65. The second-order valence-corrected chi connectivity index (χ2v) is 4.40. The largest absolute Gasteiger partial charge is 0.507 e. The van der Waals surface area contributed by atoms with Gasteiger partial charge in [0, 0.05) is 10.6 Å². The third-order valence-electron chi connectivity index (χ3n) is 2.78. The first-order chi connectivity index (χ1) is 7.58. The molecule has 16 heavy (non-hydrogen) atoms. The van der Waals surface area contributed by atoms with E-state index < -0.39 is 0 Å². The number of hydrogen-bond donors (Lipinski definition) is 1. The van der Waals surface area contributed by atoms with Crippen molar-refractivity contribution in [1.82, 2.24) is 0 Å². The van der Waals surface area contributed by atoms with Crippen molar-refractivity contribution >= 4 is 11.6 Å². The van der Waals surface area contributed by atoms with Crippen LogP contribution in [0.25, 0.3) is 11.1 Å². The van der Waals surface area contributed by atoms with E-state index in [2.05, 4.69) is 19.9 Å². The van der Waals surface area contributed by atoms with Gasteiger partial charge in [0.15, 0.2) is 0 Å². The summed E-state index contributed by atoms with van der Waals surface area (Å²) in [5, 5.41) is 10.4. The fraction of sp³-hybridized carbons (Fsp3) is 0.143. The molecular formula is C14H13ClO. The van der Waals surface area contributed by atoms with E-state index in [9.17, 15) is 5.11 Å². The van der Waals surface area contributed by atoms with Crippen molar-refractivity contribution in [3.63, 3.8) is 0 Å². The molecule has 1 nitrogen and oxygen atoms in total. The van der Waals surface area contributed by atoms with Crippen molar-refractivity contribution in [3.05, 3.63) is 52.5 Å². The van der Waals surface area contributed by atoms with Gasteiger partial charge in [-0.25, -0.2) is 0 Å². The van der Waals surface area contributed by atoms with Crippen molar-refractivity contribution in [1.29, 1.82) is 0 Å². The highest BCUT2D eigenvalue weighted by Crippen LogP contribution is 2.32. The number of halogens is 1. The van der Waals surface area contributed by atoms with Crippen LogP contribution in [0, 0.1) is 13.8 Å². The number of phenolic OH excluding ortho intramolecular Hbond substituents is 1. The van der Waals surface area contributed by atoms with Gasteiger partial charge in [-0.15, -0.1) is 0 Å². The molecule has 0 radical (unpaired) electrons. The second kappa shape index (κ2) is 4.18. The number of phenols is 1. The maximum atomic E-state index is 9.79. The summed E-state index contributed by atoms with van der Waals surface area (Å²) in [6.45, 7) is 4.12. The highest BCUT2D eigenvalue weighted by atomic mass is 35.5. The Morgan fingerprint density at radius 3 is 2.38 bits per heavy atom. The van der Waals surface area contributed by atoms with Gasteiger partial charge in [-0.3, -0.25) is 0 Å². The zero-order chi connectivity index (χ0) is 11.7. The van der Waals surface area contributed by atoms with E-state index in [0.29, 0.717) is 5.02 Å². The molecule has 0 unspecified atom stereocenters. The zero-order valence-corrected chi connectivity index (χ0v) is 10.0. The highest BCUT2D eigenvalue weighted by molar-refractivity contribution is 6.31. The fourth-order valence-corrected chi connectivity index (χ4v) is 1.82. The number of rotatable bonds is 1. The van der Waals surface area contributed by atoms with Crippen LogP contribution in [-0.2, 0) is 0 Å². The van der Waals surface area contributed by atoms with Gasteiger partial charge in [-0.2, -0.15) is 0 Å². The molecule has 0 aliphatic heterocycles. The van der Waals surface area contributed by atoms with E-state index in [1.165, 1.54) is 11.1 Å². The van der Waals surface area contributed by atoms with Crippen LogP contribution >= 0.6 is 11.6 Å². The SMILES string of the molecule is Cc1ccc(-c2cc(Cl)ccc2O)cc1C. The van der Waals surface area contributed by atoms with Crippen molar-refractivity contribution in [2.45, 2.75) is 13.8 Å². The molecule has 82 valence electrons. The van der Waals surface area contributed by atoms with Gasteiger partial charge < -0.3 is 5.11 Å². The maximum Gasteiger partial charge on any atom is 0.123 e. The molecule has 0 aromatic heterocycles. The summed E-state index contributed by atoms with van der Waals surface area (Å²) in [6, 6.07) is 11.2. The van der Waals surface area contributed by atoms with Gasteiger partial charge in [0.2, 0.25) is 0 Å². The molecule has 0 amide bonds. The Bertz CT molecular complexity index is 532. The third kappa shape index (κ3) is 2.05. The standard InChI is InChI=1S/C14H13ClO/c1-9-3-4-11(7-10(9)2)13-8-12(15)5-6-14(13)16/h3-8,16H,1-2H3. The van der Waals surface area contributed by atoms with Gasteiger partial charge in [0.1, 0.15) is 5.75 Å². The molecule has 0 saturated heterocycles. The first-order valence-electron chi connectivity index (χ1n) is 5.14. The molecule has 0 heterocycles. The van der Waals surface area contributed by atoms with Crippen molar-refractivity contribution < 1.29 is 5.11 Å². The summed E-state index contributed by atoms with van der Waals surface area (Å²) < 4.78 is 0. The maximum absolute atomic E-state index is 9.79. The topological polar surface area (TPSA) is 20.2 Å². The predicted octanol–water partition coefficient (Wildman–Crippen LogP) is 4.33. The van der Waals surface area contributed by atoms with E-state index in [-0.39, 0.29) is 5.75 Å². The smallest absolute Gasteiger partial charge is 0.123 e. The van der Waals surface area contributed by atoms with Crippen LogP contribution in [0.2, 0.25) is 5.02 Å². The van der Waals surface area contributed by atoms with Crippen molar-refractivity contribution in [3.8, 4) is 16.9 Å².